The standard InChI is InChI=1S/C13H8Cl2N2O/c14-8-2-3-10(15)9(6-8)7-1-4-11-12(5-7)17-13(18)16-11/h1-7H,(H,17,18). The van der Waals surface area contributed by atoms with Gasteiger partial charge in [-0.05, 0) is 35.9 Å². The number of aliphatic imine (C=N–C) groups is 1. The molecule has 3 rings (SSSR count). The molecule has 3 nitrogen and oxygen atoms in total. The number of nitrogens with zero attached hydrogens (tertiary/aromatic N) is 1. The van der Waals surface area contributed by atoms with Gasteiger partial charge in [0.2, 0.25) is 0 Å². The summed E-state index contributed by atoms with van der Waals surface area (Å²) in [6, 6.07) is 5.01. The molecule has 2 aliphatic rings. The van der Waals surface area contributed by atoms with E-state index in [-0.39, 0.29) is 11.9 Å². The monoisotopic (exact) mass is 278 g/mol. The topological polar surface area (TPSA) is 41.5 Å². The molecule has 1 atom stereocenters. The lowest BCUT2D eigenvalue weighted by atomic mass is 9.93. The number of nitrogens with one attached hydrogen (secondary N) is 1. The normalized spacial score (nSPS) is 21.2. The highest BCUT2D eigenvalue weighted by Crippen LogP contribution is 2.32. The minimum atomic E-state index is -0.334. The van der Waals surface area contributed by atoms with Crippen LogP contribution in [0.25, 0.3) is 0 Å². The van der Waals surface area contributed by atoms with E-state index in [1.165, 1.54) is 0 Å². The Morgan fingerprint density at radius 3 is 2.94 bits per heavy atom. The van der Waals surface area contributed by atoms with Gasteiger partial charge >= 0.3 is 6.03 Å². The van der Waals surface area contributed by atoms with E-state index in [4.69, 9.17) is 23.2 Å². The summed E-state index contributed by atoms with van der Waals surface area (Å²) in [6.07, 6.45) is 5.68. The average molecular weight is 279 g/mol. The number of hydrogen-bond acceptors (Lipinski definition) is 1. The van der Waals surface area contributed by atoms with Crippen LogP contribution in [-0.2, 0) is 0 Å². The maximum Gasteiger partial charge on any atom is 0.346 e. The number of rotatable bonds is 1. The molecule has 1 unspecified atom stereocenters. The minimum Gasteiger partial charge on any atom is -0.304 e. The summed E-state index contributed by atoms with van der Waals surface area (Å²) in [5.74, 6) is -0.0106. The fourth-order valence-electron chi connectivity index (χ4n) is 2.02. The van der Waals surface area contributed by atoms with Crippen LogP contribution in [0, 0.1) is 0 Å². The predicted molar refractivity (Wildman–Crippen MR) is 72.4 cm³/mol. The van der Waals surface area contributed by atoms with E-state index in [9.17, 15) is 4.79 Å². The van der Waals surface area contributed by atoms with Gasteiger partial charge in [-0.1, -0.05) is 29.3 Å². The molecule has 90 valence electrons. The molecule has 1 aromatic rings. The van der Waals surface area contributed by atoms with Gasteiger partial charge in [0.15, 0.2) is 0 Å². The summed E-state index contributed by atoms with van der Waals surface area (Å²) in [7, 11) is 0. The van der Waals surface area contributed by atoms with E-state index in [1.54, 1.807) is 12.1 Å². The molecule has 1 aromatic carbocycles. The molecule has 1 aliphatic heterocycles. The Labute approximate surface area is 114 Å². The van der Waals surface area contributed by atoms with E-state index in [1.807, 2.05) is 24.3 Å². The number of carbonyl (C=O) groups is 1. The molecule has 1 aliphatic carbocycles. The first-order chi connectivity index (χ1) is 8.63. The van der Waals surface area contributed by atoms with E-state index < -0.39 is 0 Å². The highest BCUT2D eigenvalue weighted by molar-refractivity contribution is 6.33. The molecule has 1 N–H and O–H groups in total. The highest BCUT2D eigenvalue weighted by atomic mass is 35.5. The molecule has 0 fully saturated rings. The van der Waals surface area contributed by atoms with Crippen molar-refractivity contribution in [2.75, 3.05) is 0 Å². The van der Waals surface area contributed by atoms with Crippen molar-refractivity contribution in [2.45, 2.75) is 5.92 Å². The molecule has 5 heteroatoms. The lowest BCUT2D eigenvalue weighted by molar-refractivity contribution is 0.253. The zero-order chi connectivity index (χ0) is 12.7. The molecule has 2 amide bonds. The minimum absolute atomic E-state index is 0.0106. The summed E-state index contributed by atoms with van der Waals surface area (Å²) in [5, 5.41) is 3.96. The number of urea groups is 1. The summed E-state index contributed by atoms with van der Waals surface area (Å²) >= 11 is 12.1. The maximum atomic E-state index is 11.2. The van der Waals surface area contributed by atoms with Gasteiger partial charge in [-0.15, -0.1) is 0 Å². The smallest absolute Gasteiger partial charge is 0.304 e. The zero-order valence-corrected chi connectivity index (χ0v) is 10.7. The first kappa shape index (κ1) is 11.5. The maximum absolute atomic E-state index is 11.2. The van der Waals surface area contributed by atoms with Gasteiger partial charge in [0.25, 0.3) is 0 Å². The molecule has 18 heavy (non-hydrogen) atoms. The van der Waals surface area contributed by atoms with Crippen LogP contribution in [0.2, 0.25) is 10.0 Å². The second-order valence-electron chi connectivity index (χ2n) is 4.06. The summed E-state index contributed by atoms with van der Waals surface area (Å²) in [5.41, 5.74) is 2.30. The Morgan fingerprint density at radius 2 is 2.11 bits per heavy atom. The Balaban J connectivity index is 2.01. The Bertz CT molecular complexity index is 632. The van der Waals surface area contributed by atoms with Gasteiger partial charge in [0.05, 0.1) is 11.4 Å². The Morgan fingerprint density at radius 1 is 1.28 bits per heavy atom. The van der Waals surface area contributed by atoms with E-state index in [2.05, 4.69) is 10.3 Å². The van der Waals surface area contributed by atoms with Crippen molar-refractivity contribution in [1.82, 2.24) is 5.32 Å². The first-order valence-corrected chi connectivity index (χ1v) is 6.14. The van der Waals surface area contributed by atoms with Crippen LogP contribution in [0.1, 0.15) is 11.5 Å². The van der Waals surface area contributed by atoms with Crippen molar-refractivity contribution in [1.29, 1.82) is 0 Å². The van der Waals surface area contributed by atoms with E-state index in [0.717, 1.165) is 11.3 Å². The van der Waals surface area contributed by atoms with Crippen LogP contribution >= 0.6 is 23.2 Å². The van der Waals surface area contributed by atoms with Gasteiger partial charge in [0.1, 0.15) is 0 Å². The van der Waals surface area contributed by atoms with Crippen LogP contribution in [0.15, 0.2) is 47.1 Å². The number of fused-ring (bicyclic) bond motifs is 1. The molecule has 0 saturated heterocycles. The summed E-state index contributed by atoms with van der Waals surface area (Å²) in [4.78, 5) is 15.0. The molecule has 1 heterocycles. The lowest BCUT2D eigenvalue weighted by Crippen LogP contribution is -2.17. The van der Waals surface area contributed by atoms with E-state index in [0.29, 0.717) is 15.8 Å². The third kappa shape index (κ3) is 1.96. The molecule has 0 aromatic heterocycles. The molecule has 0 saturated carbocycles. The second kappa shape index (κ2) is 4.26. The van der Waals surface area contributed by atoms with E-state index >= 15 is 0 Å². The highest BCUT2D eigenvalue weighted by Gasteiger charge is 2.23. The van der Waals surface area contributed by atoms with Crippen molar-refractivity contribution >= 4 is 34.9 Å². The molecule has 0 bridgehead atoms. The number of hydrogen-bond donors (Lipinski definition) is 1. The van der Waals surface area contributed by atoms with Gasteiger partial charge in [-0.25, -0.2) is 4.79 Å². The van der Waals surface area contributed by atoms with Crippen molar-refractivity contribution in [3.05, 3.63) is 57.7 Å². The fraction of sp³-hybridized carbons (Fsp3) is 0.0769. The molecule has 0 spiro atoms. The Kier molecular flexibility index (Phi) is 2.73. The summed E-state index contributed by atoms with van der Waals surface area (Å²) < 4.78 is 0. The third-order valence-electron chi connectivity index (χ3n) is 2.86. The predicted octanol–water partition coefficient (Wildman–Crippen LogP) is 3.69. The average Bonchev–Trinajstić information content (AvgIpc) is 2.71. The SMILES string of the molecule is O=C1N=C2C=CC(c3cc(Cl)ccc3Cl)C=C2N1. The number of amides is 2. The second-order valence-corrected chi connectivity index (χ2v) is 4.90. The van der Waals surface area contributed by atoms with Crippen LogP contribution in [0.4, 0.5) is 4.79 Å². The molecular formula is C13H8Cl2N2O. The number of benzene rings is 1. The van der Waals surface area contributed by atoms with Crippen LogP contribution < -0.4 is 5.32 Å². The third-order valence-corrected chi connectivity index (χ3v) is 3.44. The zero-order valence-electron chi connectivity index (χ0n) is 9.15. The summed E-state index contributed by atoms with van der Waals surface area (Å²) in [6.45, 7) is 0. The molecule has 0 radical (unpaired) electrons. The van der Waals surface area contributed by atoms with Crippen molar-refractivity contribution in [3.63, 3.8) is 0 Å². The molecular weight excluding hydrogens is 271 g/mol. The largest absolute Gasteiger partial charge is 0.346 e. The van der Waals surface area contributed by atoms with Gasteiger partial charge in [-0.2, -0.15) is 4.99 Å². The number of carbonyl (C=O) groups excluding carboxylic acids is 1. The van der Waals surface area contributed by atoms with Crippen LogP contribution in [-0.4, -0.2) is 11.7 Å². The van der Waals surface area contributed by atoms with Crippen molar-refractivity contribution < 1.29 is 4.79 Å². The Hall–Kier alpha value is -1.58. The van der Waals surface area contributed by atoms with Crippen LogP contribution in [0.5, 0.6) is 0 Å². The fourth-order valence-corrected chi connectivity index (χ4v) is 2.45. The van der Waals surface area contributed by atoms with Gasteiger partial charge < -0.3 is 5.32 Å². The van der Waals surface area contributed by atoms with Crippen molar-refractivity contribution in [3.8, 4) is 0 Å². The van der Waals surface area contributed by atoms with Gasteiger partial charge in [-0.3, -0.25) is 0 Å². The van der Waals surface area contributed by atoms with Crippen LogP contribution in [0.3, 0.4) is 0 Å². The first-order valence-electron chi connectivity index (χ1n) is 5.38. The number of allylic oxidation sites excluding steroid dienone is 3. The van der Waals surface area contributed by atoms with Gasteiger partial charge in [0, 0.05) is 16.0 Å². The quantitative estimate of drug-likeness (QED) is 0.836. The number of halogens is 2. The lowest BCUT2D eigenvalue weighted by Gasteiger charge is -2.16. The van der Waals surface area contributed by atoms with Crippen molar-refractivity contribution in [2.24, 2.45) is 4.99 Å².